The van der Waals surface area contributed by atoms with E-state index in [1.807, 2.05) is 19.9 Å². The molecule has 0 spiro atoms. The first kappa shape index (κ1) is 7.53. The SMILES string of the molecule is C/C=C(/C)c1nc(C2CC2)no1. The number of hydrogen-bond donors (Lipinski definition) is 0. The molecule has 0 unspecified atom stereocenters. The van der Waals surface area contributed by atoms with Crippen LogP contribution in [-0.2, 0) is 0 Å². The third-order valence-electron chi connectivity index (χ3n) is 2.15. The average molecular weight is 164 g/mol. The van der Waals surface area contributed by atoms with E-state index in [1.54, 1.807) is 0 Å². The smallest absolute Gasteiger partial charge is 0.253 e. The Kier molecular flexibility index (Phi) is 1.71. The predicted octanol–water partition coefficient (Wildman–Crippen LogP) is 2.37. The molecule has 0 saturated heterocycles. The molecule has 1 aliphatic rings. The first-order valence-electron chi connectivity index (χ1n) is 4.28. The Balaban J connectivity index is 2.23. The van der Waals surface area contributed by atoms with Gasteiger partial charge in [0.05, 0.1) is 0 Å². The van der Waals surface area contributed by atoms with Crippen LogP contribution < -0.4 is 0 Å². The molecular formula is C9H12N2O. The van der Waals surface area contributed by atoms with E-state index in [0.717, 1.165) is 11.4 Å². The number of nitrogens with zero attached hydrogens (tertiary/aromatic N) is 2. The maximum absolute atomic E-state index is 5.09. The summed E-state index contributed by atoms with van der Waals surface area (Å²) in [7, 11) is 0. The van der Waals surface area contributed by atoms with Gasteiger partial charge in [-0.2, -0.15) is 4.98 Å². The van der Waals surface area contributed by atoms with E-state index in [1.165, 1.54) is 12.8 Å². The van der Waals surface area contributed by atoms with Gasteiger partial charge in [-0.25, -0.2) is 0 Å². The molecule has 2 rings (SSSR count). The summed E-state index contributed by atoms with van der Waals surface area (Å²) in [6.07, 6.45) is 4.41. The van der Waals surface area contributed by atoms with E-state index in [0.29, 0.717) is 11.8 Å². The molecule has 1 aromatic rings. The van der Waals surface area contributed by atoms with Crippen molar-refractivity contribution in [3.8, 4) is 0 Å². The van der Waals surface area contributed by atoms with E-state index >= 15 is 0 Å². The van der Waals surface area contributed by atoms with Crippen LogP contribution in [0.25, 0.3) is 5.57 Å². The average Bonchev–Trinajstić information content (AvgIpc) is 2.83. The molecule has 0 aromatic carbocycles. The Labute approximate surface area is 71.5 Å². The first-order chi connectivity index (χ1) is 5.81. The van der Waals surface area contributed by atoms with Crippen molar-refractivity contribution in [1.29, 1.82) is 0 Å². The molecule has 1 saturated carbocycles. The van der Waals surface area contributed by atoms with Gasteiger partial charge in [-0.3, -0.25) is 0 Å². The van der Waals surface area contributed by atoms with Gasteiger partial charge in [-0.15, -0.1) is 0 Å². The highest BCUT2D eigenvalue weighted by molar-refractivity contribution is 5.55. The van der Waals surface area contributed by atoms with E-state index in [-0.39, 0.29) is 0 Å². The lowest BCUT2D eigenvalue weighted by Gasteiger charge is -1.86. The number of rotatable bonds is 2. The van der Waals surface area contributed by atoms with Crippen molar-refractivity contribution in [3.63, 3.8) is 0 Å². The van der Waals surface area contributed by atoms with Gasteiger partial charge in [0, 0.05) is 11.5 Å². The van der Waals surface area contributed by atoms with Crippen LogP contribution in [0.2, 0.25) is 0 Å². The Bertz CT molecular complexity index is 310. The minimum absolute atomic E-state index is 0.576. The molecule has 1 heterocycles. The van der Waals surface area contributed by atoms with Gasteiger partial charge in [0.25, 0.3) is 5.89 Å². The summed E-state index contributed by atoms with van der Waals surface area (Å²) in [5.74, 6) is 2.12. The fraction of sp³-hybridized carbons (Fsp3) is 0.556. The van der Waals surface area contributed by atoms with Crippen LogP contribution in [0.15, 0.2) is 10.6 Å². The predicted molar refractivity (Wildman–Crippen MR) is 45.6 cm³/mol. The van der Waals surface area contributed by atoms with E-state index in [4.69, 9.17) is 4.52 Å². The van der Waals surface area contributed by atoms with Gasteiger partial charge in [0.15, 0.2) is 5.82 Å². The van der Waals surface area contributed by atoms with Crippen molar-refractivity contribution >= 4 is 5.57 Å². The lowest BCUT2D eigenvalue weighted by Crippen LogP contribution is -1.82. The fourth-order valence-electron chi connectivity index (χ4n) is 1.03. The zero-order valence-electron chi connectivity index (χ0n) is 7.37. The van der Waals surface area contributed by atoms with Gasteiger partial charge >= 0.3 is 0 Å². The first-order valence-corrected chi connectivity index (χ1v) is 4.28. The summed E-state index contributed by atoms with van der Waals surface area (Å²) in [6, 6.07) is 0. The Hall–Kier alpha value is -1.12. The van der Waals surface area contributed by atoms with E-state index < -0.39 is 0 Å². The highest BCUT2D eigenvalue weighted by Crippen LogP contribution is 2.38. The van der Waals surface area contributed by atoms with Crippen molar-refractivity contribution in [1.82, 2.24) is 10.1 Å². The van der Waals surface area contributed by atoms with Crippen LogP contribution in [0.1, 0.15) is 44.3 Å². The van der Waals surface area contributed by atoms with Crippen LogP contribution in [-0.4, -0.2) is 10.1 Å². The molecular weight excluding hydrogens is 152 g/mol. The van der Waals surface area contributed by atoms with Gasteiger partial charge in [0.2, 0.25) is 0 Å². The lowest BCUT2D eigenvalue weighted by molar-refractivity contribution is 0.400. The summed E-state index contributed by atoms with van der Waals surface area (Å²) in [6.45, 7) is 3.94. The molecule has 0 bridgehead atoms. The normalized spacial score (nSPS) is 18.3. The summed E-state index contributed by atoms with van der Waals surface area (Å²) in [4.78, 5) is 4.30. The molecule has 12 heavy (non-hydrogen) atoms. The highest BCUT2D eigenvalue weighted by Gasteiger charge is 2.28. The third-order valence-corrected chi connectivity index (χ3v) is 2.15. The van der Waals surface area contributed by atoms with Crippen molar-refractivity contribution < 1.29 is 4.52 Å². The summed E-state index contributed by atoms with van der Waals surface area (Å²) in [5.41, 5.74) is 1.05. The monoisotopic (exact) mass is 164 g/mol. The van der Waals surface area contributed by atoms with Crippen molar-refractivity contribution in [2.45, 2.75) is 32.6 Å². The van der Waals surface area contributed by atoms with Crippen molar-refractivity contribution in [2.24, 2.45) is 0 Å². The number of allylic oxidation sites excluding steroid dienone is 2. The van der Waals surface area contributed by atoms with Gasteiger partial charge in [0.1, 0.15) is 0 Å². The highest BCUT2D eigenvalue weighted by atomic mass is 16.5. The van der Waals surface area contributed by atoms with Crippen LogP contribution in [0.5, 0.6) is 0 Å². The molecule has 1 aliphatic carbocycles. The zero-order valence-corrected chi connectivity index (χ0v) is 7.37. The third kappa shape index (κ3) is 1.26. The molecule has 0 radical (unpaired) electrons. The zero-order chi connectivity index (χ0) is 8.55. The van der Waals surface area contributed by atoms with Gasteiger partial charge < -0.3 is 4.52 Å². The Morgan fingerprint density at radius 1 is 1.58 bits per heavy atom. The molecule has 0 amide bonds. The molecule has 64 valence electrons. The molecule has 3 heteroatoms. The molecule has 1 fully saturated rings. The van der Waals surface area contributed by atoms with Crippen molar-refractivity contribution in [2.75, 3.05) is 0 Å². The summed E-state index contributed by atoms with van der Waals surface area (Å²) < 4.78 is 5.09. The molecule has 0 aliphatic heterocycles. The maximum atomic E-state index is 5.09. The molecule has 0 N–H and O–H groups in total. The topological polar surface area (TPSA) is 38.9 Å². The Morgan fingerprint density at radius 2 is 2.33 bits per heavy atom. The second-order valence-electron chi connectivity index (χ2n) is 3.20. The van der Waals surface area contributed by atoms with Crippen LogP contribution in [0.4, 0.5) is 0 Å². The quantitative estimate of drug-likeness (QED) is 0.673. The van der Waals surface area contributed by atoms with E-state index in [2.05, 4.69) is 10.1 Å². The lowest BCUT2D eigenvalue weighted by atomic mass is 10.3. The number of hydrogen-bond acceptors (Lipinski definition) is 3. The van der Waals surface area contributed by atoms with Crippen LogP contribution in [0, 0.1) is 0 Å². The summed E-state index contributed by atoms with van der Waals surface area (Å²) in [5, 5.41) is 3.92. The van der Waals surface area contributed by atoms with Crippen molar-refractivity contribution in [3.05, 3.63) is 17.8 Å². The minimum Gasteiger partial charge on any atom is -0.334 e. The second-order valence-corrected chi connectivity index (χ2v) is 3.20. The minimum atomic E-state index is 0.576. The van der Waals surface area contributed by atoms with Crippen LogP contribution in [0.3, 0.4) is 0 Å². The molecule has 0 atom stereocenters. The van der Waals surface area contributed by atoms with Gasteiger partial charge in [-0.1, -0.05) is 11.2 Å². The summed E-state index contributed by atoms with van der Waals surface area (Å²) >= 11 is 0. The largest absolute Gasteiger partial charge is 0.334 e. The van der Waals surface area contributed by atoms with E-state index in [9.17, 15) is 0 Å². The Morgan fingerprint density at radius 3 is 2.92 bits per heavy atom. The maximum Gasteiger partial charge on any atom is 0.253 e. The van der Waals surface area contributed by atoms with Crippen LogP contribution >= 0.6 is 0 Å². The standard InChI is InChI=1S/C9H12N2O/c1-3-6(2)9-10-8(11-12-9)7-4-5-7/h3,7H,4-5H2,1-2H3/b6-3-. The van der Waals surface area contributed by atoms with Gasteiger partial charge in [-0.05, 0) is 26.7 Å². The molecule has 1 aromatic heterocycles. The fourth-order valence-corrected chi connectivity index (χ4v) is 1.03. The molecule has 3 nitrogen and oxygen atoms in total. The number of aromatic nitrogens is 2. The second kappa shape index (κ2) is 2.73.